The first kappa shape index (κ1) is 15.2. The Morgan fingerprint density at radius 3 is 2.70 bits per heavy atom. The van der Waals surface area contributed by atoms with Gasteiger partial charge in [-0.3, -0.25) is 4.98 Å². The van der Waals surface area contributed by atoms with E-state index in [9.17, 15) is 0 Å². The smallest absolute Gasteiger partial charge is 0.106 e. The van der Waals surface area contributed by atoms with Crippen molar-refractivity contribution in [2.24, 2.45) is 5.92 Å². The number of pyridine rings is 1. The number of aromatic nitrogens is 3. The number of imidazole rings is 1. The van der Waals surface area contributed by atoms with Crippen LogP contribution < -0.4 is 5.32 Å². The summed E-state index contributed by atoms with van der Waals surface area (Å²) in [6.07, 6.45) is 3.78. The summed E-state index contributed by atoms with van der Waals surface area (Å²) in [5.41, 5.74) is 2.24. The maximum absolute atomic E-state index is 4.43. The van der Waals surface area contributed by atoms with Gasteiger partial charge in [0, 0.05) is 23.4 Å². The highest BCUT2D eigenvalue weighted by Crippen LogP contribution is 2.11. The lowest BCUT2D eigenvalue weighted by Gasteiger charge is -2.12. The van der Waals surface area contributed by atoms with Crippen LogP contribution in [0.5, 0.6) is 0 Å². The van der Waals surface area contributed by atoms with Crippen molar-refractivity contribution in [2.45, 2.75) is 33.9 Å². The van der Waals surface area contributed by atoms with Crippen LogP contribution in [0.3, 0.4) is 0 Å². The van der Waals surface area contributed by atoms with Gasteiger partial charge in [0.25, 0.3) is 0 Å². The largest absolute Gasteiger partial charge is 0.325 e. The van der Waals surface area contributed by atoms with E-state index in [1.54, 1.807) is 0 Å². The highest BCUT2D eigenvalue weighted by molar-refractivity contribution is 9.10. The lowest BCUT2D eigenvalue weighted by molar-refractivity contribution is 0.537. The van der Waals surface area contributed by atoms with Crippen LogP contribution in [0.1, 0.15) is 31.1 Å². The first-order valence-electron chi connectivity index (χ1n) is 6.88. The Labute approximate surface area is 128 Å². The normalized spacial score (nSPS) is 11.2. The zero-order chi connectivity index (χ0) is 14.5. The van der Waals surface area contributed by atoms with E-state index in [0.717, 1.165) is 35.6 Å². The molecule has 0 fully saturated rings. The molecular weight excluding hydrogens is 316 g/mol. The summed E-state index contributed by atoms with van der Waals surface area (Å²) < 4.78 is 3.21. The standard InChI is InChI=1S/C15H21BrN4/c1-11(2)6-17-8-15-9-18-12(3)20(15)10-14-5-4-13(16)7-19-14/h4-5,7,9,11,17H,6,8,10H2,1-3H3. The fraction of sp³-hybridized carbons (Fsp3) is 0.467. The van der Waals surface area contributed by atoms with E-state index in [1.165, 1.54) is 5.69 Å². The van der Waals surface area contributed by atoms with Crippen molar-refractivity contribution in [2.75, 3.05) is 6.54 Å². The van der Waals surface area contributed by atoms with Gasteiger partial charge in [0.15, 0.2) is 0 Å². The number of halogens is 1. The van der Waals surface area contributed by atoms with E-state index in [0.29, 0.717) is 5.92 Å². The van der Waals surface area contributed by atoms with Crippen molar-refractivity contribution in [1.82, 2.24) is 19.9 Å². The summed E-state index contributed by atoms with van der Waals surface area (Å²) in [5.74, 6) is 1.68. The Morgan fingerprint density at radius 2 is 2.05 bits per heavy atom. The van der Waals surface area contributed by atoms with Gasteiger partial charge in [0.2, 0.25) is 0 Å². The minimum Gasteiger partial charge on any atom is -0.325 e. The van der Waals surface area contributed by atoms with Crippen molar-refractivity contribution in [3.05, 3.63) is 46.2 Å². The summed E-state index contributed by atoms with van der Waals surface area (Å²) in [6, 6.07) is 4.06. The third-order valence-electron chi connectivity index (χ3n) is 3.11. The van der Waals surface area contributed by atoms with Crippen LogP contribution in [-0.2, 0) is 13.1 Å². The molecule has 0 aliphatic carbocycles. The molecule has 2 heterocycles. The van der Waals surface area contributed by atoms with Crippen LogP contribution >= 0.6 is 15.9 Å². The first-order chi connectivity index (χ1) is 9.56. The average molecular weight is 337 g/mol. The van der Waals surface area contributed by atoms with Gasteiger partial charge in [0.05, 0.1) is 17.9 Å². The summed E-state index contributed by atoms with van der Waals surface area (Å²) in [7, 11) is 0. The van der Waals surface area contributed by atoms with E-state index in [-0.39, 0.29) is 0 Å². The maximum Gasteiger partial charge on any atom is 0.106 e. The Balaban J connectivity index is 2.06. The molecule has 0 radical (unpaired) electrons. The molecule has 0 unspecified atom stereocenters. The minimum atomic E-state index is 0.653. The lowest BCUT2D eigenvalue weighted by atomic mass is 10.2. The summed E-state index contributed by atoms with van der Waals surface area (Å²) >= 11 is 3.41. The van der Waals surface area contributed by atoms with Gasteiger partial charge in [-0.1, -0.05) is 13.8 Å². The molecule has 0 aromatic carbocycles. The fourth-order valence-corrected chi connectivity index (χ4v) is 2.26. The predicted molar refractivity (Wildman–Crippen MR) is 84.5 cm³/mol. The molecule has 2 aromatic rings. The van der Waals surface area contributed by atoms with E-state index >= 15 is 0 Å². The Morgan fingerprint density at radius 1 is 1.25 bits per heavy atom. The summed E-state index contributed by atoms with van der Waals surface area (Å²) in [5, 5.41) is 3.46. The molecule has 20 heavy (non-hydrogen) atoms. The monoisotopic (exact) mass is 336 g/mol. The third-order valence-corrected chi connectivity index (χ3v) is 3.57. The lowest BCUT2D eigenvalue weighted by Crippen LogP contribution is -2.21. The zero-order valence-electron chi connectivity index (χ0n) is 12.2. The first-order valence-corrected chi connectivity index (χ1v) is 7.67. The summed E-state index contributed by atoms with van der Waals surface area (Å²) in [4.78, 5) is 8.84. The van der Waals surface area contributed by atoms with Crippen LogP contribution in [0.4, 0.5) is 0 Å². The molecule has 5 heteroatoms. The molecule has 0 saturated carbocycles. The molecule has 0 aliphatic heterocycles. The minimum absolute atomic E-state index is 0.653. The van der Waals surface area contributed by atoms with E-state index < -0.39 is 0 Å². The van der Waals surface area contributed by atoms with Gasteiger partial charge in [-0.2, -0.15) is 0 Å². The van der Waals surface area contributed by atoms with E-state index in [2.05, 4.69) is 49.6 Å². The van der Waals surface area contributed by atoms with E-state index in [1.807, 2.05) is 31.5 Å². The second-order valence-electron chi connectivity index (χ2n) is 5.38. The van der Waals surface area contributed by atoms with Crippen molar-refractivity contribution >= 4 is 15.9 Å². The molecule has 0 spiro atoms. The number of nitrogens with zero attached hydrogens (tertiary/aromatic N) is 3. The number of hydrogen-bond donors (Lipinski definition) is 1. The SMILES string of the molecule is Cc1ncc(CNCC(C)C)n1Cc1ccc(Br)cn1. The highest BCUT2D eigenvalue weighted by Gasteiger charge is 2.08. The van der Waals surface area contributed by atoms with Gasteiger partial charge < -0.3 is 9.88 Å². The Hall–Kier alpha value is -1.20. The molecule has 0 amide bonds. The van der Waals surface area contributed by atoms with Crippen molar-refractivity contribution in [3.8, 4) is 0 Å². The van der Waals surface area contributed by atoms with Gasteiger partial charge in [-0.25, -0.2) is 4.98 Å². The predicted octanol–water partition coefficient (Wildman–Crippen LogP) is 3.14. The van der Waals surface area contributed by atoms with Crippen LogP contribution in [0.2, 0.25) is 0 Å². The topological polar surface area (TPSA) is 42.7 Å². The number of aryl methyl sites for hydroxylation is 1. The average Bonchev–Trinajstić information content (AvgIpc) is 2.74. The van der Waals surface area contributed by atoms with Gasteiger partial charge in [0.1, 0.15) is 5.82 Å². The number of nitrogens with one attached hydrogen (secondary N) is 1. The molecule has 2 aromatic heterocycles. The second kappa shape index (κ2) is 6.99. The highest BCUT2D eigenvalue weighted by atomic mass is 79.9. The molecule has 108 valence electrons. The second-order valence-corrected chi connectivity index (χ2v) is 6.29. The van der Waals surface area contributed by atoms with E-state index in [4.69, 9.17) is 0 Å². The Kier molecular flexibility index (Phi) is 5.31. The number of hydrogen-bond acceptors (Lipinski definition) is 3. The molecule has 4 nitrogen and oxygen atoms in total. The quantitative estimate of drug-likeness (QED) is 0.881. The maximum atomic E-state index is 4.43. The molecule has 2 rings (SSSR count). The van der Waals surface area contributed by atoms with Gasteiger partial charge in [-0.05, 0) is 47.4 Å². The van der Waals surface area contributed by atoms with Gasteiger partial charge in [-0.15, -0.1) is 0 Å². The van der Waals surface area contributed by atoms with Crippen LogP contribution in [-0.4, -0.2) is 21.1 Å². The summed E-state index contributed by atoms with van der Waals surface area (Å²) in [6.45, 7) is 9.07. The molecule has 0 saturated heterocycles. The molecule has 0 aliphatic rings. The fourth-order valence-electron chi connectivity index (χ4n) is 2.02. The zero-order valence-corrected chi connectivity index (χ0v) is 13.8. The molecule has 0 atom stereocenters. The van der Waals surface area contributed by atoms with Crippen molar-refractivity contribution < 1.29 is 0 Å². The van der Waals surface area contributed by atoms with Crippen LogP contribution in [0.15, 0.2) is 29.0 Å². The van der Waals surface area contributed by atoms with Crippen LogP contribution in [0, 0.1) is 12.8 Å². The van der Waals surface area contributed by atoms with Crippen molar-refractivity contribution in [1.29, 1.82) is 0 Å². The molecule has 1 N–H and O–H groups in total. The van der Waals surface area contributed by atoms with Gasteiger partial charge >= 0.3 is 0 Å². The Bertz CT molecular complexity index is 546. The number of rotatable bonds is 6. The molecule has 0 bridgehead atoms. The van der Waals surface area contributed by atoms with Crippen LogP contribution in [0.25, 0.3) is 0 Å². The molecular formula is C15H21BrN4. The van der Waals surface area contributed by atoms with Crippen molar-refractivity contribution in [3.63, 3.8) is 0 Å². The third kappa shape index (κ3) is 4.15.